The first-order valence-corrected chi connectivity index (χ1v) is 7.25. The van der Waals surface area contributed by atoms with Gasteiger partial charge in [-0.25, -0.2) is 5.84 Å². The summed E-state index contributed by atoms with van der Waals surface area (Å²) in [6, 6.07) is 6.81. The van der Waals surface area contributed by atoms with Crippen LogP contribution in [0.25, 0.3) is 0 Å². The Balaban J connectivity index is 2.25. The summed E-state index contributed by atoms with van der Waals surface area (Å²) < 4.78 is 5.54. The molecule has 1 atom stereocenters. The zero-order valence-corrected chi connectivity index (χ0v) is 11.8. The Morgan fingerprint density at radius 2 is 2.16 bits per heavy atom. The summed E-state index contributed by atoms with van der Waals surface area (Å²) in [7, 11) is 0. The molecule has 0 saturated heterocycles. The Hall–Kier alpha value is -1.24. The first-order valence-electron chi connectivity index (χ1n) is 6.09. The molecule has 0 aliphatic carbocycles. The highest BCUT2D eigenvalue weighted by Crippen LogP contribution is 2.13. The molecule has 6 heteroatoms. The van der Waals surface area contributed by atoms with Gasteiger partial charge in [0.15, 0.2) is 0 Å². The maximum atomic E-state index is 11.2. The van der Waals surface area contributed by atoms with Gasteiger partial charge in [-0.15, -0.1) is 0 Å². The average molecular weight is 284 g/mol. The number of benzene rings is 1. The lowest BCUT2D eigenvalue weighted by Crippen LogP contribution is -2.29. The molecule has 19 heavy (non-hydrogen) atoms. The predicted octanol–water partition coefficient (Wildman–Crippen LogP) is 1.03. The molecule has 1 aromatic rings. The van der Waals surface area contributed by atoms with Crippen molar-refractivity contribution in [2.24, 2.45) is 11.8 Å². The second kappa shape index (κ2) is 8.79. The molecule has 1 unspecified atom stereocenters. The van der Waals surface area contributed by atoms with Gasteiger partial charge in [0.2, 0.25) is 0 Å². The van der Waals surface area contributed by atoms with E-state index in [0.29, 0.717) is 18.1 Å². The van der Waals surface area contributed by atoms with Gasteiger partial charge in [0, 0.05) is 17.9 Å². The van der Waals surface area contributed by atoms with Crippen LogP contribution < -0.4 is 16.0 Å². The molecule has 0 aliphatic rings. The van der Waals surface area contributed by atoms with Crippen molar-refractivity contribution in [2.75, 3.05) is 24.7 Å². The van der Waals surface area contributed by atoms with E-state index in [2.05, 4.69) is 5.43 Å². The normalized spacial score (nSPS) is 11.9. The Morgan fingerprint density at radius 3 is 2.74 bits per heavy atom. The van der Waals surface area contributed by atoms with Crippen molar-refractivity contribution in [3.63, 3.8) is 0 Å². The van der Waals surface area contributed by atoms with E-state index in [4.69, 9.17) is 15.7 Å². The Kier molecular flexibility index (Phi) is 7.32. The van der Waals surface area contributed by atoms with Gasteiger partial charge >= 0.3 is 0 Å². The molecular weight excluding hydrogens is 264 g/mol. The fraction of sp³-hybridized carbons (Fsp3) is 0.462. The third-order valence-corrected chi connectivity index (χ3v) is 3.72. The molecule has 0 spiro atoms. The second-order valence-electron chi connectivity index (χ2n) is 4.21. The van der Waals surface area contributed by atoms with Crippen LogP contribution in [0.5, 0.6) is 5.75 Å². The number of nitrogens with two attached hydrogens (primary N) is 1. The standard InChI is InChI=1S/C13H20N2O3S/c1-10(8-16)9-19-7-6-18-12-4-2-11(3-5-12)13(17)15-14/h2-5,10,16H,6-9,14H2,1H3,(H,15,17). The summed E-state index contributed by atoms with van der Waals surface area (Å²) in [6.07, 6.45) is 0. The van der Waals surface area contributed by atoms with Gasteiger partial charge in [-0.3, -0.25) is 10.2 Å². The number of aliphatic hydroxyl groups excluding tert-OH is 1. The second-order valence-corrected chi connectivity index (χ2v) is 5.36. The van der Waals surface area contributed by atoms with E-state index in [1.165, 1.54) is 0 Å². The molecule has 1 rings (SSSR count). The molecule has 1 amide bonds. The van der Waals surface area contributed by atoms with Crippen molar-refractivity contribution in [2.45, 2.75) is 6.92 Å². The quantitative estimate of drug-likeness (QED) is 0.287. The van der Waals surface area contributed by atoms with Gasteiger partial charge in [0.1, 0.15) is 5.75 Å². The summed E-state index contributed by atoms with van der Waals surface area (Å²) in [5.74, 6) is 7.56. The highest BCUT2D eigenvalue weighted by Gasteiger charge is 2.03. The number of carbonyl (C=O) groups excluding carboxylic acids is 1. The molecule has 0 fully saturated rings. The lowest BCUT2D eigenvalue weighted by molar-refractivity contribution is 0.0953. The largest absolute Gasteiger partial charge is 0.493 e. The molecule has 4 N–H and O–H groups in total. The lowest BCUT2D eigenvalue weighted by atomic mass is 10.2. The van der Waals surface area contributed by atoms with Crippen molar-refractivity contribution >= 4 is 17.7 Å². The van der Waals surface area contributed by atoms with E-state index in [1.54, 1.807) is 36.0 Å². The molecule has 106 valence electrons. The number of nitrogens with one attached hydrogen (secondary N) is 1. The molecule has 0 heterocycles. The monoisotopic (exact) mass is 284 g/mol. The first kappa shape index (κ1) is 15.8. The molecule has 0 aliphatic heterocycles. The molecule has 0 aromatic heterocycles. The number of carbonyl (C=O) groups is 1. The van der Waals surface area contributed by atoms with Crippen LogP contribution in [0.4, 0.5) is 0 Å². The van der Waals surface area contributed by atoms with E-state index in [-0.39, 0.29) is 12.5 Å². The number of thioether (sulfide) groups is 1. The summed E-state index contributed by atoms with van der Waals surface area (Å²) in [6.45, 7) is 2.83. The lowest BCUT2D eigenvalue weighted by Gasteiger charge is -2.09. The van der Waals surface area contributed by atoms with E-state index in [9.17, 15) is 4.79 Å². The number of hydrazine groups is 1. The van der Waals surface area contributed by atoms with Gasteiger partial charge in [-0.1, -0.05) is 6.92 Å². The summed E-state index contributed by atoms with van der Waals surface area (Å²) in [5.41, 5.74) is 2.57. The highest BCUT2D eigenvalue weighted by molar-refractivity contribution is 7.99. The van der Waals surface area contributed by atoms with Crippen LogP contribution >= 0.6 is 11.8 Å². The number of aliphatic hydroxyl groups is 1. The van der Waals surface area contributed by atoms with Crippen LogP contribution in [0.1, 0.15) is 17.3 Å². The minimum Gasteiger partial charge on any atom is -0.493 e. The van der Waals surface area contributed by atoms with E-state index < -0.39 is 0 Å². The minimum atomic E-state index is -0.319. The van der Waals surface area contributed by atoms with Crippen LogP contribution in [0.2, 0.25) is 0 Å². The van der Waals surface area contributed by atoms with Crippen LogP contribution in [-0.4, -0.2) is 35.7 Å². The van der Waals surface area contributed by atoms with Crippen molar-refractivity contribution in [1.29, 1.82) is 0 Å². The van der Waals surface area contributed by atoms with Gasteiger partial charge in [-0.05, 0) is 35.9 Å². The molecule has 0 radical (unpaired) electrons. The van der Waals surface area contributed by atoms with Gasteiger partial charge in [-0.2, -0.15) is 11.8 Å². The molecule has 5 nitrogen and oxygen atoms in total. The van der Waals surface area contributed by atoms with Crippen molar-refractivity contribution in [3.05, 3.63) is 29.8 Å². The molecule has 1 aromatic carbocycles. The smallest absolute Gasteiger partial charge is 0.265 e. The van der Waals surface area contributed by atoms with Crippen LogP contribution in [0, 0.1) is 5.92 Å². The van der Waals surface area contributed by atoms with E-state index >= 15 is 0 Å². The van der Waals surface area contributed by atoms with E-state index in [1.807, 2.05) is 6.92 Å². The Labute approximate surface area is 117 Å². The zero-order chi connectivity index (χ0) is 14.1. The van der Waals surface area contributed by atoms with Crippen LogP contribution in [0.3, 0.4) is 0 Å². The molecule has 0 bridgehead atoms. The number of nitrogen functional groups attached to an aromatic ring is 1. The number of amides is 1. The number of hydrogen-bond acceptors (Lipinski definition) is 5. The Bertz CT molecular complexity index is 384. The molecule has 0 saturated carbocycles. The summed E-state index contributed by atoms with van der Waals surface area (Å²) in [5, 5.41) is 8.87. The van der Waals surface area contributed by atoms with Gasteiger partial charge in [0.25, 0.3) is 5.91 Å². The maximum Gasteiger partial charge on any atom is 0.265 e. The third kappa shape index (κ3) is 5.96. The zero-order valence-electron chi connectivity index (χ0n) is 11.0. The van der Waals surface area contributed by atoms with E-state index in [0.717, 1.165) is 17.3 Å². The van der Waals surface area contributed by atoms with Crippen molar-refractivity contribution in [1.82, 2.24) is 5.43 Å². The maximum absolute atomic E-state index is 11.2. The highest BCUT2D eigenvalue weighted by atomic mass is 32.2. The number of rotatable bonds is 8. The first-order chi connectivity index (χ1) is 9.17. The minimum absolute atomic E-state index is 0.221. The number of ether oxygens (including phenoxy) is 1. The van der Waals surface area contributed by atoms with Gasteiger partial charge < -0.3 is 9.84 Å². The summed E-state index contributed by atoms with van der Waals surface area (Å²) in [4.78, 5) is 11.2. The molecular formula is C13H20N2O3S. The Morgan fingerprint density at radius 1 is 1.47 bits per heavy atom. The average Bonchev–Trinajstić information content (AvgIpc) is 2.46. The predicted molar refractivity (Wildman–Crippen MR) is 77.2 cm³/mol. The number of hydrogen-bond donors (Lipinski definition) is 3. The fourth-order valence-corrected chi connectivity index (χ4v) is 2.22. The topological polar surface area (TPSA) is 84.6 Å². The fourth-order valence-electron chi connectivity index (χ4n) is 1.34. The van der Waals surface area contributed by atoms with Gasteiger partial charge in [0.05, 0.1) is 6.61 Å². The van der Waals surface area contributed by atoms with Crippen molar-refractivity contribution < 1.29 is 14.6 Å². The van der Waals surface area contributed by atoms with Crippen molar-refractivity contribution in [3.8, 4) is 5.75 Å². The van der Waals surface area contributed by atoms with Crippen LogP contribution in [-0.2, 0) is 0 Å². The van der Waals surface area contributed by atoms with Crippen LogP contribution in [0.15, 0.2) is 24.3 Å². The third-order valence-electron chi connectivity index (χ3n) is 2.46. The SMILES string of the molecule is CC(CO)CSCCOc1ccc(C(=O)NN)cc1. The summed E-state index contributed by atoms with van der Waals surface area (Å²) >= 11 is 1.75.